The second-order valence-electron chi connectivity index (χ2n) is 13.4. The molecule has 0 saturated heterocycles. The molecule has 4 heterocycles. The lowest BCUT2D eigenvalue weighted by Gasteiger charge is -2.12. The Bertz CT molecular complexity index is 2900. The van der Waals surface area contributed by atoms with Gasteiger partial charge in [-0.15, -0.1) is 0 Å². The summed E-state index contributed by atoms with van der Waals surface area (Å²) >= 11 is 0. The lowest BCUT2D eigenvalue weighted by atomic mass is 10.1. The molecule has 10 rings (SSSR count). The molecule has 0 aliphatic rings. The first kappa shape index (κ1) is 33.5. The third-order valence-corrected chi connectivity index (χ3v) is 10.1. The summed E-state index contributed by atoms with van der Waals surface area (Å²) in [5.74, 6) is -0.823. The topological polar surface area (TPSA) is 45.5 Å². The third kappa shape index (κ3) is 5.28. The van der Waals surface area contributed by atoms with Gasteiger partial charge in [-0.25, -0.2) is 9.97 Å². The van der Waals surface area contributed by atoms with Crippen molar-refractivity contribution < 1.29 is 26.3 Å². The van der Waals surface area contributed by atoms with E-state index in [0.29, 0.717) is 0 Å². The molecule has 10 aromatic rings. The normalized spacial score (nSPS) is 12.5. The molecule has 0 aliphatic heterocycles. The number of rotatable bonds is 5. The van der Waals surface area contributed by atoms with Gasteiger partial charge < -0.3 is 9.13 Å². The third-order valence-electron chi connectivity index (χ3n) is 10.1. The molecule has 0 fully saturated rings. The fourth-order valence-electron chi connectivity index (χ4n) is 7.67. The van der Waals surface area contributed by atoms with Gasteiger partial charge in [-0.3, -0.25) is 9.13 Å². The van der Waals surface area contributed by atoms with Crippen molar-refractivity contribution in [2.24, 2.45) is 0 Å². The number of fused-ring (bicyclic) bond motifs is 6. The Balaban J connectivity index is 1.20. The van der Waals surface area contributed by atoms with Crippen LogP contribution >= 0.6 is 0 Å². The minimum atomic E-state index is -4.91. The summed E-state index contributed by atoms with van der Waals surface area (Å²) in [4.78, 5) is 7.88. The van der Waals surface area contributed by atoms with Crippen LogP contribution in [0.4, 0.5) is 26.3 Å². The molecule has 56 heavy (non-hydrogen) atoms. The molecule has 0 radical (unpaired) electrons. The zero-order valence-electron chi connectivity index (χ0n) is 29.0. The van der Waals surface area contributed by atoms with Crippen molar-refractivity contribution in [1.82, 2.24) is 28.2 Å². The molecule has 0 aliphatic carbocycles. The first-order valence-electron chi connectivity index (χ1n) is 17.6. The SMILES string of the molecule is FC(F)(F)c1cn(-c2ccc3c(c2)c2ccccc2n3-c2ccccc2)c(-c2nc(C(F)(F)F)cn2-c2ccc3c(c2)c2ccccc2n3-c2ccccc2)n1. The lowest BCUT2D eigenvalue weighted by Crippen LogP contribution is -2.06. The van der Waals surface area contributed by atoms with Crippen LogP contribution in [0.3, 0.4) is 0 Å². The summed E-state index contributed by atoms with van der Waals surface area (Å²) in [6.07, 6.45) is -8.21. The highest BCUT2D eigenvalue weighted by molar-refractivity contribution is 6.11. The molecule has 0 N–H and O–H groups in total. The molecule has 274 valence electrons. The van der Waals surface area contributed by atoms with Crippen LogP contribution in [0, 0.1) is 0 Å². The van der Waals surface area contributed by atoms with Crippen LogP contribution in [-0.4, -0.2) is 28.2 Å². The predicted molar refractivity (Wildman–Crippen MR) is 205 cm³/mol. The van der Waals surface area contributed by atoms with Crippen molar-refractivity contribution in [2.45, 2.75) is 12.4 Å². The molecule has 0 unspecified atom stereocenters. The number of benzene rings is 6. The van der Waals surface area contributed by atoms with Gasteiger partial charge in [0, 0.05) is 56.7 Å². The highest BCUT2D eigenvalue weighted by Crippen LogP contribution is 2.40. The van der Waals surface area contributed by atoms with Crippen molar-refractivity contribution in [1.29, 1.82) is 0 Å². The minimum Gasteiger partial charge on any atom is -0.309 e. The van der Waals surface area contributed by atoms with Crippen LogP contribution in [0.1, 0.15) is 11.4 Å². The number of alkyl halides is 6. The van der Waals surface area contributed by atoms with Gasteiger partial charge in [-0.05, 0) is 72.8 Å². The molecule has 6 aromatic carbocycles. The van der Waals surface area contributed by atoms with Crippen LogP contribution in [0.25, 0.3) is 78.0 Å². The molecule has 0 bridgehead atoms. The highest BCUT2D eigenvalue weighted by Gasteiger charge is 2.39. The van der Waals surface area contributed by atoms with E-state index < -0.39 is 35.4 Å². The van der Waals surface area contributed by atoms with E-state index in [-0.39, 0.29) is 11.4 Å². The maximum atomic E-state index is 14.5. The predicted octanol–water partition coefficient (Wildman–Crippen LogP) is 12.0. The number of hydrogen-bond acceptors (Lipinski definition) is 2. The molecular formula is C44H26F6N6. The van der Waals surface area contributed by atoms with Crippen LogP contribution in [0.15, 0.2) is 158 Å². The van der Waals surface area contributed by atoms with E-state index in [1.165, 1.54) is 0 Å². The minimum absolute atomic E-state index is 0.260. The van der Waals surface area contributed by atoms with E-state index >= 15 is 0 Å². The number of nitrogens with zero attached hydrogens (tertiary/aromatic N) is 6. The first-order valence-corrected chi connectivity index (χ1v) is 17.6. The quantitative estimate of drug-likeness (QED) is 0.164. The Morgan fingerprint density at radius 2 is 0.714 bits per heavy atom. The summed E-state index contributed by atoms with van der Waals surface area (Å²) in [7, 11) is 0. The van der Waals surface area contributed by atoms with Crippen molar-refractivity contribution >= 4 is 43.6 Å². The molecule has 0 saturated carbocycles. The first-order chi connectivity index (χ1) is 27.0. The van der Waals surface area contributed by atoms with E-state index in [1.807, 2.05) is 109 Å². The average molecular weight is 753 g/mol. The number of imidazole rings is 2. The molecular weight excluding hydrogens is 727 g/mol. The lowest BCUT2D eigenvalue weighted by molar-refractivity contribution is -0.141. The Kier molecular flexibility index (Phi) is 7.31. The van der Waals surface area contributed by atoms with E-state index in [4.69, 9.17) is 0 Å². The Labute approximate surface area is 313 Å². The maximum Gasteiger partial charge on any atom is 0.434 e. The fraction of sp³-hybridized carbons (Fsp3) is 0.0455. The van der Waals surface area contributed by atoms with Crippen LogP contribution in [0.5, 0.6) is 0 Å². The largest absolute Gasteiger partial charge is 0.434 e. The van der Waals surface area contributed by atoms with Gasteiger partial charge in [-0.1, -0.05) is 72.8 Å². The van der Waals surface area contributed by atoms with Gasteiger partial charge in [-0.2, -0.15) is 26.3 Å². The average Bonchev–Trinajstić information content (AvgIpc) is 3.99. The Hall–Kier alpha value is -7.08. The highest BCUT2D eigenvalue weighted by atomic mass is 19.4. The van der Waals surface area contributed by atoms with Gasteiger partial charge >= 0.3 is 12.4 Å². The smallest absolute Gasteiger partial charge is 0.309 e. The van der Waals surface area contributed by atoms with Gasteiger partial charge in [0.25, 0.3) is 0 Å². The van der Waals surface area contributed by atoms with Crippen LogP contribution in [-0.2, 0) is 12.4 Å². The Morgan fingerprint density at radius 1 is 0.357 bits per heavy atom. The maximum absolute atomic E-state index is 14.5. The number of halogens is 6. The van der Waals surface area contributed by atoms with Gasteiger partial charge in [0.15, 0.2) is 23.0 Å². The standard InChI is InChI=1S/C44H26F6N6/c45-43(46,47)39-25-53(29-19-21-37-33(23-29)31-15-7-9-17-35(31)55(37)27-11-3-1-4-12-27)41(51-39)42-52-40(44(48,49)50)26-54(42)30-20-22-38-34(24-30)32-16-8-10-18-36(32)56(38)28-13-5-2-6-14-28/h1-26H. The summed E-state index contributed by atoms with van der Waals surface area (Å²) in [5.41, 5.74) is 3.09. The summed E-state index contributed by atoms with van der Waals surface area (Å²) in [5, 5.41) is 3.15. The number of hydrogen-bond donors (Lipinski definition) is 0. The zero-order valence-corrected chi connectivity index (χ0v) is 29.0. The summed E-state index contributed by atoms with van der Waals surface area (Å²) in [6, 6.07) is 44.9. The van der Waals surface area contributed by atoms with Gasteiger partial charge in [0.2, 0.25) is 0 Å². The van der Waals surface area contributed by atoms with Crippen LogP contribution < -0.4 is 0 Å². The van der Waals surface area contributed by atoms with Gasteiger partial charge in [0.1, 0.15) is 0 Å². The fourth-order valence-corrected chi connectivity index (χ4v) is 7.67. The van der Waals surface area contributed by atoms with Crippen molar-refractivity contribution in [3.8, 4) is 34.4 Å². The number of aromatic nitrogens is 6. The number of para-hydroxylation sites is 4. The van der Waals surface area contributed by atoms with E-state index in [0.717, 1.165) is 76.5 Å². The second kappa shape index (κ2) is 12.2. The molecule has 12 heteroatoms. The van der Waals surface area contributed by atoms with Crippen molar-refractivity contribution in [3.63, 3.8) is 0 Å². The molecule has 4 aromatic heterocycles. The summed E-state index contributed by atoms with van der Waals surface area (Å²) in [6.45, 7) is 0. The van der Waals surface area contributed by atoms with Gasteiger partial charge in [0.05, 0.1) is 22.1 Å². The molecule has 0 atom stereocenters. The monoisotopic (exact) mass is 752 g/mol. The molecule has 6 nitrogen and oxygen atoms in total. The van der Waals surface area contributed by atoms with Crippen LogP contribution in [0.2, 0.25) is 0 Å². The van der Waals surface area contributed by atoms with E-state index in [9.17, 15) is 26.3 Å². The second-order valence-corrected chi connectivity index (χ2v) is 13.4. The zero-order chi connectivity index (χ0) is 38.3. The van der Waals surface area contributed by atoms with Crippen molar-refractivity contribution in [2.75, 3.05) is 0 Å². The summed E-state index contributed by atoms with van der Waals surface area (Å²) < 4.78 is 93.2. The molecule has 0 amide bonds. The molecule has 0 spiro atoms. The van der Waals surface area contributed by atoms with Crippen molar-refractivity contribution in [3.05, 3.63) is 169 Å². The van der Waals surface area contributed by atoms with E-state index in [2.05, 4.69) is 19.1 Å². The van der Waals surface area contributed by atoms with E-state index in [1.54, 1.807) is 36.4 Å². The Morgan fingerprint density at radius 3 is 1.11 bits per heavy atom.